The molecular formula is C17H16O2. The lowest BCUT2D eigenvalue weighted by Gasteiger charge is -2.12. The van der Waals surface area contributed by atoms with Gasteiger partial charge in [-0.15, -0.1) is 0 Å². The number of benzene rings is 2. The minimum atomic E-state index is -0.676. The summed E-state index contributed by atoms with van der Waals surface area (Å²) in [5, 5.41) is 9.60. The molecule has 0 amide bonds. The summed E-state index contributed by atoms with van der Waals surface area (Å²) in [7, 11) is 0. The average molecular weight is 252 g/mol. The van der Waals surface area contributed by atoms with Crippen LogP contribution in [0.2, 0.25) is 0 Å². The highest BCUT2D eigenvalue weighted by Gasteiger charge is 2.60. The van der Waals surface area contributed by atoms with Crippen LogP contribution in [0.4, 0.5) is 0 Å². The number of rotatable bonds is 4. The molecule has 1 N–H and O–H groups in total. The first-order valence-electron chi connectivity index (χ1n) is 6.55. The molecule has 1 fully saturated rings. The molecule has 2 nitrogen and oxygen atoms in total. The van der Waals surface area contributed by atoms with Crippen LogP contribution in [0, 0.1) is 5.41 Å². The maximum absolute atomic E-state index is 11.7. The first kappa shape index (κ1) is 12.0. The third-order valence-corrected chi connectivity index (χ3v) is 4.07. The van der Waals surface area contributed by atoms with E-state index in [9.17, 15) is 9.90 Å². The number of carboxylic acids is 1. The highest BCUT2D eigenvalue weighted by molar-refractivity contribution is 5.81. The Morgan fingerprint density at radius 3 is 2.21 bits per heavy atom. The van der Waals surface area contributed by atoms with E-state index in [4.69, 9.17) is 0 Å². The Balaban J connectivity index is 1.86. The van der Waals surface area contributed by atoms with Crippen LogP contribution in [-0.4, -0.2) is 11.1 Å². The molecule has 3 rings (SSSR count). The number of carbonyl (C=O) groups is 1. The van der Waals surface area contributed by atoms with Crippen LogP contribution in [-0.2, 0) is 11.2 Å². The number of carboxylic acid groups (broad SMARTS) is 1. The van der Waals surface area contributed by atoms with Crippen molar-refractivity contribution in [1.29, 1.82) is 0 Å². The zero-order valence-corrected chi connectivity index (χ0v) is 10.6. The maximum Gasteiger partial charge on any atom is 0.310 e. The Morgan fingerprint density at radius 1 is 1.05 bits per heavy atom. The molecule has 1 aliphatic rings. The summed E-state index contributed by atoms with van der Waals surface area (Å²) in [5.41, 5.74) is 1.63. The topological polar surface area (TPSA) is 37.3 Å². The van der Waals surface area contributed by atoms with Crippen LogP contribution in [0.15, 0.2) is 60.7 Å². The molecule has 2 heteroatoms. The van der Waals surface area contributed by atoms with Gasteiger partial charge in [0.1, 0.15) is 0 Å². The van der Waals surface area contributed by atoms with Gasteiger partial charge in [0.15, 0.2) is 0 Å². The van der Waals surface area contributed by atoms with Crippen molar-refractivity contribution in [3.05, 3.63) is 71.8 Å². The monoisotopic (exact) mass is 252 g/mol. The summed E-state index contributed by atoms with van der Waals surface area (Å²) in [6.45, 7) is 0. The van der Waals surface area contributed by atoms with Crippen molar-refractivity contribution in [1.82, 2.24) is 0 Å². The molecule has 0 saturated heterocycles. The molecule has 19 heavy (non-hydrogen) atoms. The molecular weight excluding hydrogens is 236 g/mol. The van der Waals surface area contributed by atoms with E-state index >= 15 is 0 Å². The molecule has 0 aliphatic heterocycles. The molecule has 0 spiro atoms. The summed E-state index contributed by atoms with van der Waals surface area (Å²) in [5.74, 6) is -0.531. The Morgan fingerprint density at radius 2 is 1.63 bits per heavy atom. The predicted octanol–water partition coefficient (Wildman–Crippen LogP) is 3.49. The largest absolute Gasteiger partial charge is 0.481 e. The molecule has 2 aromatic carbocycles. The third kappa shape index (κ3) is 2.14. The second kappa shape index (κ2) is 4.54. The highest BCUT2D eigenvalue weighted by atomic mass is 16.4. The smallest absolute Gasteiger partial charge is 0.310 e. The molecule has 2 aromatic rings. The van der Waals surface area contributed by atoms with Crippen LogP contribution in [0.5, 0.6) is 0 Å². The van der Waals surface area contributed by atoms with Gasteiger partial charge in [-0.1, -0.05) is 60.7 Å². The summed E-state index contributed by atoms with van der Waals surface area (Å²) < 4.78 is 0. The van der Waals surface area contributed by atoms with E-state index in [0.29, 0.717) is 6.42 Å². The van der Waals surface area contributed by atoms with Crippen molar-refractivity contribution < 1.29 is 9.90 Å². The molecule has 0 bridgehead atoms. The Bertz CT molecular complexity index is 577. The maximum atomic E-state index is 11.7. The van der Waals surface area contributed by atoms with E-state index in [1.54, 1.807) is 0 Å². The van der Waals surface area contributed by atoms with Crippen LogP contribution in [0.25, 0.3) is 0 Å². The molecule has 1 aliphatic carbocycles. The van der Waals surface area contributed by atoms with Crippen molar-refractivity contribution in [2.24, 2.45) is 5.41 Å². The number of hydrogen-bond donors (Lipinski definition) is 1. The van der Waals surface area contributed by atoms with E-state index in [2.05, 4.69) is 0 Å². The second-order valence-electron chi connectivity index (χ2n) is 5.29. The summed E-state index contributed by atoms with van der Waals surface area (Å²) in [6, 6.07) is 19.9. The van der Waals surface area contributed by atoms with Crippen molar-refractivity contribution in [3.8, 4) is 0 Å². The zero-order chi connectivity index (χ0) is 13.3. The summed E-state index contributed by atoms with van der Waals surface area (Å²) in [4.78, 5) is 11.7. The molecule has 0 heterocycles. The minimum Gasteiger partial charge on any atom is -0.481 e. The molecule has 2 atom stereocenters. The Hall–Kier alpha value is -2.09. The van der Waals surface area contributed by atoms with E-state index < -0.39 is 11.4 Å². The molecule has 96 valence electrons. The Kier molecular flexibility index (Phi) is 2.86. The van der Waals surface area contributed by atoms with Gasteiger partial charge in [-0.05, 0) is 24.0 Å². The lowest BCUT2D eigenvalue weighted by Crippen LogP contribution is -2.20. The van der Waals surface area contributed by atoms with Crippen molar-refractivity contribution >= 4 is 5.97 Å². The van der Waals surface area contributed by atoms with Gasteiger partial charge in [0.05, 0.1) is 5.41 Å². The van der Waals surface area contributed by atoms with E-state index in [0.717, 1.165) is 17.5 Å². The normalized spacial score (nSPS) is 24.9. The third-order valence-electron chi connectivity index (χ3n) is 4.07. The van der Waals surface area contributed by atoms with Gasteiger partial charge in [-0.3, -0.25) is 4.79 Å². The van der Waals surface area contributed by atoms with Crippen molar-refractivity contribution in [2.45, 2.75) is 18.8 Å². The number of hydrogen-bond acceptors (Lipinski definition) is 1. The van der Waals surface area contributed by atoms with Crippen LogP contribution < -0.4 is 0 Å². The summed E-state index contributed by atoms with van der Waals surface area (Å²) in [6.07, 6.45) is 1.35. The fourth-order valence-electron chi connectivity index (χ4n) is 2.90. The highest BCUT2D eigenvalue weighted by Crippen LogP contribution is 2.61. The van der Waals surface area contributed by atoms with Gasteiger partial charge >= 0.3 is 5.97 Å². The van der Waals surface area contributed by atoms with Gasteiger partial charge in [-0.25, -0.2) is 0 Å². The SMILES string of the molecule is O=C(O)[C@]1(Cc2ccccc2)C[C@H]1c1ccccc1. The van der Waals surface area contributed by atoms with Crippen LogP contribution in [0.3, 0.4) is 0 Å². The molecule has 0 radical (unpaired) electrons. The second-order valence-corrected chi connectivity index (χ2v) is 5.29. The first-order chi connectivity index (χ1) is 9.22. The van der Waals surface area contributed by atoms with E-state index in [-0.39, 0.29) is 5.92 Å². The molecule has 0 aromatic heterocycles. The minimum absolute atomic E-state index is 0.145. The fraction of sp³-hybridized carbons (Fsp3) is 0.235. The zero-order valence-electron chi connectivity index (χ0n) is 10.6. The molecule has 1 saturated carbocycles. The quantitative estimate of drug-likeness (QED) is 0.904. The standard InChI is InChI=1S/C17H16O2/c18-16(19)17(11-13-7-3-1-4-8-13)12-15(17)14-9-5-2-6-10-14/h1-10,15H,11-12H2,(H,18,19)/t15-,17+/m0/s1. The van der Waals surface area contributed by atoms with Crippen molar-refractivity contribution in [2.75, 3.05) is 0 Å². The van der Waals surface area contributed by atoms with Crippen molar-refractivity contribution in [3.63, 3.8) is 0 Å². The lowest BCUT2D eigenvalue weighted by molar-refractivity contribution is -0.143. The Labute approximate surface area is 112 Å². The average Bonchev–Trinajstić information content (AvgIpc) is 3.17. The van der Waals surface area contributed by atoms with E-state index in [1.165, 1.54) is 0 Å². The van der Waals surface area contributed by atoms with Gasteiger partial charge in [0.2, 0.25) is 0 Å². The van der Waals surface area contributed by atoms with Gasteiger partial charge < -0.3 is 5.11 Å². The van der Waals surface area contributed by atoms with Crippen LogP contribution in [0.1, 0.15) is 23.5 Å². The van der Waals surface area contributed by atoms with E-state index in [1.807, 2.05) is 60.7 Å². The lowest BCUT2D eigenvalue weighted by atomic mass is 9.91. The summed E-state index contributed by atoms with van der Waals surface area (Å²) >= 11 is 0. The first-order valence-corrected chi connectivity index (χ1v) is 6.55. The van der Waals surface area contributed by atoms with Gasteiger partial charge in [-0.2, -0.15) is 0 Å². The number of aliphatic carboxylic acids is 1. The van der Waals surface area contributed by atoms with Crippen LogP contribution >= 0.6 is 0 Å². The fourth-order valence-corrected chi connectivity index (χ4v) is 2.90. The predicted molar refractivity (Wildman–Crippen MR) is 74.0 cm³/mol. The molecule has 0 unspecified atom stereocenters. The van der Waals surface area contributed by atoms with Gasteiger partial charge in [0.25, 0.3) is 0 Å². The van der Waals surface area contributed by atoms with Gasteiger partial charge in [0, 0.05) is 5.92 Å².